The van der Waals surface area contributed by atoms with Crippen LogP contribution in [0.3, 0.4) is 0 Å². The SMILES string of the molecule is CCc1nc(Cl)cc(Sc2ccc(OC)cc2)n1. The summed E-state index contributed by atoms with van der Waals surface area (Å²) in [6, 6.07) is 9.60. The molecule has 1 aromatic carbocycles. The summed E-state index contributed by atoms with van der Waals surface area (Å²) >= 11 is 7.52. The Morgan fingerprint density at radius 2 is 1.94 bits per heavy atom. The normalized spacial score (nSPS) is 10.4. The highest BCUT2D eigenvalue weighted by atomic mass is 35.5. The third kappa shape index (κ3) is 3.37. The number of hydrogen-bond acceptors (Lipinski definition) is 4. The molecule has 1 aromatic heterocycles. The van der Waals surface area contributed by atoms with E-state index in [1.807, 2.05) is 31.2 Å². The van der Waals surface area contributed by atoms with Gasteiger partial charge in [0.05, 0.1) is 7.11 Å². The number of rotatable bonds is 4. The summed E-state index contributed by atoms with van der Waals surface area (Å²) in [7, 11) is 1.65. The molecule has 0 bridgehead atoms. The van der Waals surface area contributed by atoms with Crippen LogP contribution in [0.2, 0.25) is 5.15 Å². The molecule has 5 heteroatoms. The zero-order valence-corrected chi connectivity index (χ0v) is 11.8. The first-order chi connectivity index (χ1) is 8.71. The lowest BCUT2D eigenvalue weighted by atomic mass is 10.3. The molecule has 0 N–H and O–H groups in total. The molecule has 0 aliphatic rings. The van der Waals surface area contributed by atoms with Crippen molar-refractivity contribution < 1.29 is 4.74 Å². The molecule has 0 radical (unpaired) electrons. The molecule has 18 heavy (non-hydrogen) atoms. The lowest BCUT2D eigenvalue weighted by Gasteiger charge is -2.04. The molecule has 3 nitrogen and oxygen atoms in total. The number of hydrogen-bond donors (Lipinski definition) is 0. The van der Waals surface area contributed by atoms with Gasteiger partial charge in [-0.3, -0.25) is 0 Å². The van der Waals surface area contributed by atoms with Crippen molar-refractivity contribution >= 4 is 23.4 Å². The van der Waals surface area contributed by atoms with E-state index in [0.29, 0.717) is 5.15 Å². The van der Waals surface area contributed by atoms with Gasteiger partial charge in [0.1, 0.15) is 21.8 Å². The van der Waals surface area contributed by atoms with E-state index in [-0.39, 0.29) is 0 Å². The van der Waals surface area contributed by atoms with Gasteiger partial charge in [-0.15, -0.1) is 0 Å². The average molecular weight is 281 g/mol. The minimum atomic E-state index is 0.484. The second-order valence-electron chi connectivity index (χ2n) is 3.58. The minimum Gasteiger partial charge on any atom is -0.497 e. The quantitative estimate of drug-likeness (QED) is 0.797. The van der Waals surface area contributed by atoms with Gasteiger partial charge in [0, 0.05) is 17.4 Å². The van der Waals surface area contributed by atoms with Gasteiger partial charge in [-0.2, -0.15) is 0 Å². The standard InChI is InChI=1S/C13H13ClN2OS/c1-3-12-15-11(14)8-13(16-12)18-10-6-4-9(17-2)5-7-10/h4-8H,3H2,1-2H3. The van der Waals surface area contributed by atoms with E-state index in [1.54, 1.807) is 24.9 Å². The number of methoxy groups -OCH3 is 1. The van der Waals surface area contributed by atoms with E-state index in [9.17, 15) is 0 Å². The maximum Gasteiger partial charge on any atom is 0.133 e. The van der Waals surface area contributed by atoms with Crippen molar-refractivity contribution in [3.63, 3.8) is 0 Å². The summed E-state index contributed by atoms with van der Waals surface area (Å²) in [5.41, 5.74) is 0. The molecule has 94 valence electrons. The van der Waals surface area contributed by atoms with E-state index < -0.39 is 0 Å². The highest BCUT2D eigenvalue weighted by molar-refractivity contribution is 7.99. The van der Waals surface area contributed by atoms with Crippen LogP contribution in [-0.4, -0.2) is 17.1 Å². The summed E-state index contributed by atoms with van der Waals surface area (Å²) in [5, 5.41) is 1.34. The fourth-order valence-corrected chi connectivity index (χ4v) is 2.52. The molecule has 0 aliphatic heterocycles. The lowest BCUT2D eigenvalue weighted by molar-refractivity contribution is 0.414. The lowest BCUT2D eigenvalue weighted by Crippen LogP contribution is -1.94. The van der Waals surface area contributed by atoms with Crippen molar-refractivity contribution in [2.75, 3.05) is 7.11 Å². The molecule has 0 saturated heterocycles. The predicted octanol–water partition coefficient (Wildman–Crippen LogP) is 3.85. The van der Waals surface area contributed by atoms with Crippen LogP contribution in [0.5, 0.6) is 5.75 Å². The first kappa shape index (κ1) is 13.2. The number of aryl methyl sites for hydroxylation is 1. The summed E-state index contributed by atoms with van der Waals surface area (Å²) < 4.78 is 5.12. The third-order valence-corrected chi connectivity index (χ3v) is 3.44. The molecule has 0 amide bonds. The zero-order valence-electron chi connectivity index (χ0n) is 10.2. The Bertz CT molecular complexity index is 531. The topological polar surface area (TPSA) is 35.0 Å². The predicted molar refractivity (Wildman–Crippen MR) is 73.5 cm³/mol. The maximum absolute atomic E-state index is 5.96. The highest BCUT2D eigenvalue weighted by Crippen LogP contribution is 2.28. The first-order valence-electron chi connectivity index (χ1n) is 5.56. The van der Waals surface area contributed by atoms with Gasteiger partial charge in [0.25, 0.3) is 0 Å². The monoisotopic (exact) mass is 280 g/mol. The van der Waals surface area contributed by atoms with E-state index in [2.05, 4.69) is 9.97 Å². The Morgan fingerprint density at radius 3 is 2.56 bits per heavy atom. The third-order valence-electron chi connectivity index (χ3n) is 2.32. The van der Waals surface area contributed by atoms with Gasteiger partial charge >= 0.3 is 0 Å². The fourth-order valence-electron chi connectivity index (χ4n) is 1.42. The fraction of sp³-hybridized carbons (Fsp3) is 0.231. The van der Waals surface area contributed by atoms with Crippen molar-refractivity contribution in [1.82, 2.24) is 9.97 Å². The van der Waals surface area contributed by atoms with E-state index in [4.69, 9.17) is 16.3 Å². The van der Waals surface area contributed by atoms with Gasteiger partial charge in [0.2, 0.25) is 0 Å². The van der Waals surface area contributed by atoms with Crippen LogP contribution in [0.25, 0.3) is 0 Å². The molecule has 2 aromatic rings. The van der Waals surface area contributed by atoms with Gasteiger partial charge in [-0.05, 0) is 24.3 Å². The van der Waals surface area contributed by atoms with Gasteiger partial charge < -0.3 is 4.74 Å². The number of halogens is 1. The van der Waals surface area contributed by atoms with Gasteiger partial charge in [0.15, 0.2) is 0 Å². The number of nitrogens with zero attached hydrogens (tertiary/aromatic N) is 2. The van der Waals surface area contributed by atoms with Crippen LogP contribution in [0.4, 0.5) is 0 Å². The van der Waals surface area contributed by atoms with Crippen LogP contribution in [0.15, 0.2) is 40.3 Å². The van der Waals surface area contributed by atoms with Crippen molar-refractivity contribution in [3.05, 3.63) is 41.3 Å². The molecule has 0 unspecified atom stereocenters. The maximum atomic E-state index is 5.96. The van der Waals surface area contributed by atoms with E-state index in [1.165, 1.54) is 0 Å². The van der Waals surface area contributed by atoms with E-state index >= 15 is 0 Å². The molecule has 0 atom stereocenters. The smallest absolute Gasteiger partial charge is 0.133 e. The molecule has 0 saturated carbocycles. The van der Waals surface area contributed by atoms with Crippen LogP contribution < -0.4 is 4.74 Å². The van der Waals surface area contributed by atoms with Crippen LogP contribution >= 0.6 is 23.4 Å². The average Bonchev–Trinajstić information content (AvgIpc) is 2.39. The zero-order chi connectivity index (χ0) is 13.0. The second kappa shape index (κ2) is 6.07. The Balaban J connectivity index is 2.19. The molecule has 2 rings (SSSR count). The first-order valence-corrected chi connectivity index (χ1v) is 6.76. The Morgan fingerprint density at radius 1 is 1.22 bits per heavy atom. The van der Waals surface area contributed by atoms with Crippen molar-refractivity contribution in [2.24, 2.45) is 0 Å². The molecular formula is C13H13ClN2OS. The summed E-state index contributed by atoms with van der Waals surface area (Å²) in [4.78, 5) is 9.66. The van der Waals surface area contributed by atoms with Crippen molar-refractivity contribution in [3.8, 4) is 5.75 Å². The minimum absolute atomic E-state index is 0.484. The number of ether oxygens (including phenoxy) is 1. The molecular weight excluding hydrogens is 268 g/mol. The summed E-state index contributed by atoms with van der Waals surface area (Å²) in [6.45, 7) is 2.01. The summed E-state index contributed by atoms with van der Waals surface area (Å²) in [5.74, 6) is 1.60. The Kier molecular flexibility index (Phi) is 4.44. The molecule has 1 heterocycles. The highest BCUT2D eigenvalue weighted by Gasteiger charge is 2.04. The summed E-state index contributed by atoms with van der Waals surface area (Å²) in [6.07, 6.45) is 0.775. The molecule has 0 fully saturated rings. The van der Waals surface area contributed by atoms with Crippen LogP contribution in [0.1, 0.15) is 12.7 Å². The number of benzene rings is 1. The largest absolute Gasteiger partial charge is 0.497 e. The molecule has 0 aliphatic carbocycles. The Hall–Kier alpha value is -1.26. The van der Waals surface area contributed by atoms with Crippen molar-refractivity contribution in [2.45, 2.75) is 23.3 Å². The van der Waals surface area contributed by atoms with Gasteiger partial charge in [-0.25, -0.2) is 9.97 Å². The van der Waals surface area contributed by atoms with Crippen LogP contribution in [0, 0.1) is 0 Å². The van der Waals surface area contributed by atoms with Gasteiger partial charge in [-0.1, -0.05) is 30.3 Å². The number of aromatic nitrogens is 2. The Labute approximate surface area is 116 Å². The van der Waals surface area contributed by atoms with E-state index in [0.717, 1.165) is 27.9 Å². The second-order valence-corrected chi connectivity index (χ2v) is 5.06. The van der Waals surface area contributed by atoms with Crippen LogP contribution in [-0.2, 0) is 6.42 Å². The molecule has 0 spiro atoms. The van der Waals surface area contributed by atoms with Crippen molar-refractivity contribution in [1.29, 1.82) is 0 Å².